The van der Waals surface area contributed by atoms with Crippen molar-refractivity contribution in [2.45, 2.75) is 20.8 Å². The molecule has 0 spiro atoms. The molecule has 132 valence electrons. The average molecular weight is 337 g/mol. The molecule has 2 aromatic rings. The average Bonchev–Trinajstić information content (AvgIpc) is 2.62. The number of rotatable bonds is 4. The first-order valence-corrected chi connectivity index (χ1v) is 8.94. The maximum Gasteiger partial charge on any atom is 0.241 e. The summed E-state index contributed by atoms with van der Waals surface area (Å²) in [5.41, 5.74) is 6.01. The third-order valence-corrected chi connectivity index (χ3v) is 4.99. The quantitative estimate of drug-likeness (QED) is 0.929. The van der Waals surface area contributed by atoms with E-state index in [1.54, 1.807) is 0 Å². The Labute approximate surface area is 150 Å². The number of benzene rings is 2. The lowest BCUT2D eigenvalue weighted by molar-refractivity contribution is -0.129. The molecular formula is C21H27N3O. The summed E-state index contributed by atoms with van der Waals surface area (Å²) in [7, 11) is 0. The second-order valence-corrected chi connectivity index (χ2v) is 6.77. The van der Waals surface area contributed by atoms with Crippen LogP contribution in [0.4, 0.5) is 11.4 Å². The van der Waals surface area contributed by atoms with E-state index in [0.29, 0.717) is 6.54 Å². The van der Waals surface area contributed by atoms with E-state index in [0.717, 1.165) is 31.9 Å². The van der Waals surface area contributed by atoms with Gasteiger partial charge in [0.25, 0.3) is 0 Å². The molecule has 4 heteroatoms. The van der Waals surface area contributed by atoms with Gasteiger partial charge in [0.05, 0.1) is 6.54 Å². The number of carbonyl (C=O) groups excluding carboxylic acids is 1. The van der Waals surface area contributed by atoms with Gasteiger partial charge in [-0.2, -0.15) is 0 Å². The minimum absolute atomic E-state index is 0.173. The number of nitrogens with one attached hydrogen (secondary N) is 1. The number of hydrogen-bond donors (Lipinski definition) is 1. The van der Waals surface area contributed by atoms with Crippen LogP contribution in [0.3, 0.4) is 0 Å². The van der Waals surface area contributed by atoms with E-state index in [2.05, 4.69) is 67.4 Å². The summed E-state index contributed by atoms with van der Waals surface area (Å²) in [6.45, 7) is 9.97. The predicted molar refractivity (Wildman–Crippen MR) is 104 cm³/mol. The molecule has 1 aliphatic rings. The SMILES string of the molecule is Cc1ccccc1N1CCN(C(=O)CNc2c(C)cccc2C)CC1. The number of hydrogen-bond acceptors (Lipinski definition) is 3. The fourth-order valence-corrected chi connectivity index (χ4v) is 3.48. The summed E-state index contributed by atoms with van der Waals surface area (Å²) in [6, 6.07) is 14.6. The third-order valence-electron chi connectivity index (χ3n) is 4.99. The van der Waals surface area contributed by atoms with E-state index in [4.69, 9.17) is 0 Å². The van der Waals surface area contributed by atoms with Crippen molar-refractivity contribution < 1.29 is 4.79 Å². The topological polar surface area (TPSA) is 35.6 Å². The van der Waals surface area contributed by atoms with E-state index in [1.165, 1.54) is 22.4 Å². The Morgan fingerprint density at radius 1 is 0.880 bits per heavy atom. The summed E-state index contributed by atoms with van der Waals surface area (Å²) in [5.74, 6) is 0.173. The molecular weight excluding hydrogens is 310 g/mol. The van der Waals surface area contributed by atoms with Crippen molar-refractivity contribution in [1.29, 1.82) is 0 Å². The van der Waals surface area contributed by atoms with Crippen molar-refractivity contribution in [2.75, 3.05) is 42.9 Å². The molecule has 0 saturated carbocycles. The van der Waals surface area contributed by atoms with Crippen LogP contribution in [-0.2, 0) is 4.79 Å². The zero-order valence-corrected chi connectivity index (χ0v) is 15.4. The molecule has 0 bridgehead atoms. The summed E-state index contributed by atoms with van der Waals surface area (Å²) >= 11 is 0. The minimum Gasteiger partial charge on any atom is -0.376 e. The molecule has 1 amide bonds. The van der Waals surface area contributed by atoms with Gasteiger partial charge in [0, 0.05) is 37.6 Å². The van der Waals surface area contributed by atoms with Crippen LogP contribution in [0.2, 0.25) is 0 Å². The van der Waals surface area contributed by atoms with Gasteiger partial charge in [0.1, 0.15) is 0 Å². The van der Waals surface area contributed by atoms with Crippen molar-refractivity contribution in [3.63, 3.8) is 0 Å². The second kappa shape index (κ2) is 7.60. The largest absolute Gasteiger partial charge is 0.376 e. The van der Waals surface area contributed by atoms with Gasteiger partial charge in [-0.3, -0.25) is 4.79 Å². The van der Waals surface area contributed by atoms with Gasteiger partial charge in [0.15, 0.2) is 0 Å². The monoisotopic (exact) mass is 337 g/mol. The summed E-state index contributed by atoms with van der Waals surface area (Å²) in [5, 5.41) is 3.33. The third kappa shape index (κ3) is 3.95. The van der Waals surface area contributed by atoms with E-state index >= 15 is 0 Å². The normalized spacial score (nSPS) is 14.5. The zero-order chi connectivity index (χ0) is 17.8. The highest BCUT2D eigenvalue weighted by molar-refractivity contribution is 5.81. The number of aryl methyl sites for hydroxylation is 3. The Morgan fingerprint density at radius 3 is 2.12 bits per heavy atom. The van der Waals surface area contributed by atoms with Gasteiger partial charge < -0.3 is 15.1 Å². The molecule has 1 N–H and O–H groups in total. The highest BCUT2D eigenvalue weighted by atomic mass is 16.2. The van der Waals surface area contributed by atoms with E-state index in [1.807, 2.05) is 11.0 Å². The van der Waals surface area contributed by atoms with Crippen LogP contribution in [0, 0.1) is 20.8 Å². The summed E-state index contributed by atoms with van der Waals surface area (Å²) < 4.78 is 0. The van der Waals surface area contributed by atoms with E-state index in [-0.39, 0.29) is 5.91 Å². The van der Waals surface area contributed by atoms with Gasteiger partial charge in [-0.25, -0.2) is 0 Å². The van der Waals surface area contributed by atoms with Crippen molar-refractivity contribution >= 4 is 17.3 Å². The van der Waals surface area contributed by atoms with Gasteiger partial charge in [-0.05, 0) is 43.5 Å². The fraction of sp³-hybridized carbons (Fsp3) is 0.381. The number of piperazine rings is 1. The number of anilines is 2. The van der Waals surface area contributed by atoms with E-state index < -0.39 is 0 Å². The van der Waals surface area contributed by atoms with Gasteiger partial charge in [0.2, 0.25) is 5.91 Å². The molecule has 2 aromatic carbocycles. The minimum atomic E-state index is 0.173. The highest BCUT2D eigenvalue weighted by Gasteiger charge is 2.21. The van der Waals surface area contributed by atoms with Crippen LogP contribution in [0.15, 0.2) is 42.5 Å². The molecule has 1 fully saturated rings. The molecule has 4 nitrogen and oxygen atoms in total. The van der Waals surface area contributed by atoms with Crippen LogP contribution in [-0.4, -0.2) is 43.5 Å². The number of para-hydroxylation sites is 2. The molecule has 0 aromatic heterocycles. The van der Waals surface area contributed by atoms with Crippen molar-refractivity contribution in [1.82, 2.24) is 4.90 Å². The Bertz CT molecular complexity index is 728. The molecule has 0 radical (unpaired) electrons. The maximum absolute atomic E-state index is 12.5. The molecule has 0 atom stereocenters. The Kier molecular flexibility index (Phi) is 5.27. The van der Waals surface area contributed by atoms with Crippen molar-refractivity contribution in [3.8, 4) is 0 Å². The Balaban J connectivity index is 1.54. The van der Waals surface area contributed by atoms with Crippen LogP contribution in [0.5, 0.6) is 0 Å². The van der Waals surface area contributed by atoms with E-state index in [9.17, 15) is 4.79 Å². The first kappa shape index (κ1) is 17.3. The van der Waals surface area contributed by atoms with Crippen LogP contribution < -0.4 is 10.2 Å². The van der Waals surface area contributed by atoms with Crippen molar-refractivity contribution in [3.05, 3.63) is 59.2 Å². The molecule has 3 rings (SSSR count). The second-order valence-electron chi connectivity index (χ2n) is 6.77. The molecule has 1 heterocycles. The molecule has 25 heavy (non-hydrogen) atoms. The first-order valence-electron chi connectivity index (χ1n) is 8.94. The maximum atomic E-state index is 12.5. The fourth-order valence-electron chi connectivity index (χ4n) is 3.48. The molecule has 1 saturated heterocycles. The highest BCUT2D eigenvalue weighted by Crippen LogP contribution is 2.21. The summed E-state index contributed by atoms with van der Waals surface area (Å²) in [4.78, 5) is 16.9. The Morgan fingerprint density at radius 2 is 1.48 bits per heavy atom. The molecule has 1 aliphatic heterocycles. The van der Waals surface area contributed by atoms with Crippen LogP contribution in [0.25, 0.3) is 0 Å². The number of carbonyl (C=O) groups is 1. The lowest BCUT2D eigenvalue weighted by Crippen LogP contribution is -2.50. The van der Waals surface area contributed by atoms with Crippen LogP contribution >= 0.6 is 0 Å². The number of nitrogens with zero attached hydrogens (tertiary/aromatic N) is 2. The molecule has 0 unspecified atom stereocenters. The van der Waals surface area contributed by atoms with Gasteiger partial charge in [-0.15, -0.1) is 0 Å². The lowest BCUT2D eigenvalue weighted by Gasteiger charge is -2.37. The van der Waals surface area contributed by atoms with Crippen molar-refractivity contribution in [2.24, 2.45) is 0 Å². The summed E-state index contributed by atoms with van der Waals surface area (Å²) in [6.07, 6.45) is 0. The lowest BCUT2D eigenvalue weighted by atomic mass is 10.1. The molecule has 0 aliphatic carbocycles. The first-order chi connectivity index (χ1) is 12.1. The zero-order valence-electron chi connectivity index (χ0n) is 15.4. The van der Waals surface area contributed by atoms with Gasteiger partial charge in [-0.1, -0.05) is 36.4 Å². The Hall–Kier alpha value is -2.49. The van der Waals surface area contributed by atoms with Crippen LogP contribution in [0.1, 0.15) is 16.7 Å². The predicted octanol–water partition coefficient (Wildman–Crippen LogP) is 3.37. The van der Waals surface area contributed by atoms with Gasteiger partial charge >= 0.3 is 0 Å². The number of amides is 1. The standard InChI is InChI=1S/C21H27N3O/c1-16-7-4-5-10-19(16)23-11-13-24(14-12-23)20(25)15-22-21-17(2)8-6-9-18(21)3/h4-10,22H,11-15H2,1-3H3. The smallest absolute Gasteiger partial charge is 0.241 e.